The maximum atomic E-state index is 11.5. The molecule has 0 radical (unpaired) electrons. The van der Waals surface area contributed by atoms with Crippen LogP contribution in [0.5, 0.6) is 0 Å². The molecule has 0 bridgehead atoms. The molecule has 1 aromatic rings. The predicted octanol–water partition coefficient (Wildman–Crippen LogP) is 4.04. The molecule has 1 saturated carbocycles. The maximum absolute atomic E-state index is 11.5. The molecule has 0 saturated heterocycles. The summed E-state index contributed by atoms with van der Waals surface area (Å²) < 4.78 is 0. The summed E-state index contributed by atoms with van der Waals surface area (Å²) in [6.45, 7) is 7.90. The lowest BCUT2D eigenvalue weighted by atomic mass is 10.1. The Balaban J connectivity index is 2.34. The summed E-state index contributed by atoms with van der Waals surface area (Å²) in [5, 5.41) is 14.7. The van der Waals surface area contributed by atoms with Crippen molar-refractivity contribution < 1.29 is 4.92 Å². The highest BCUT2D eigenvalue weighted by Crippen LogP contribution is 2.40. The minimum atomic E-state index is -0.252. The summed E-state index contributed by atoms with van der Waals surface area (Å²) in [7, 11) is 0. The quantitative estimate of drug-likeness (QED) is 0.580. The van der Waals surface area contributed by atoms with Gasteiger partial charge in [0.15, 0.2) is 0 Å². The molecule has 116 valence electrons. The van der Waals surface area contributed by atoms with E-state index in [2.05, 4.69) is 24.1 Å². The van der Waals surface area contributed by atoms with E-state index in [0.29, 0.717) is 24.2 Å². The Morgan fingerprint density at radius 2 is 2.14 bits per heavy atom. The number of nitrogens with zero attached hydrogens (tertiary/aromatic N) is 2. The molecule has 0 heterocycles. The fraction of sp³-hybridized carbons (Fsp3) is 0.625. The lowest BCUT2D eigenvalue weighted by Gasteiger charge is -2.26. The molecule has 1 fully saturated rings. The van der Waals surface area contributed by atoms with Gasteiger partial charge in [0.25, 0.3) is 0 Å². The molecule has 21 heavy (non-hydrogen) atoms. The molecular formula is C16H25N3O2. The van der Waals surface area contributed by atoms with Gasteiger partial charge < -0.3 is 10.2 Å². The Kier molecular flexibility index (Phi) is 5.04. The van der Waals surface area contributed by atoms with Crippen LogP contribution >= 0.6 is 0 Å². The number of benzene rings is 1. The first-order chi connectivity index (χ1) is 10.0. The molecule has 0 atom stereocenters. The van der Waals surface area contributed by atoms with Crippen LogP contribution in [0.25, 0.3) is 0 Å². The van der Waals surface area contributed by atoms with Crippen LogP contribution in [-0.2, 0) is 0 Å². The second kappa shape index (κ2) is 6.78. The molecule has 1 N–H and O–H groups in total. The zero-order valence-corrected chi connectivity index (χ0v) is 13.1. The van der Waals surface area contributed by atoms with E-state index < -0.39 is 0 Å². The monoisotopic (exact) mass is 291 g/mol. The first-order valence-corrected chi connectivity index (χ1v) is 7.82. The van der Waals surface area contributed by atoms with Gasteiger partial charge in [-0.05, 0) is 44.2 Å². The van der Waals surface area contributed by atoms with E-state index in [9.17, 15) is 10.1 Å². The molecule has 0 aromatic heterocycles. The largest absolute Gasteiger partial charge is 0.380 e. The molecule has 5 nitrogen and oxygen atoms in total. The highest BCUT2D eigenvalue weighted by atomic mass is 16.6. The van der Waals surface area contributed by atoms with Gasteiger partial charge in [-0.1, -0.05) is 19.9 Å². The minimum absolute atomic E-state index is 0.218. The normalized spacial score (nSPS) is 14.3. The van der Waals surface area contributed by atoms with Gasteiger partial charge in [0.05, 0.1) is 4.92 Å². The number of hydrogen-bond acceptors (Lipinski definition) is 4. The van der Waals surface area contributed by atoms with Crippen molar-refractivity contribution in [1.82, 2.24) is 0 Å². The third-order valence-corrected chi connectivity index (χ3v) is 3.81. The zero-order valence-electron chi connectivity index (χ0n) is 13.1. The van der Waals surface area contributed by atoms with Crippen molar-refractivity contribution >= 4 is 17.1 Å². The Hall–Kier alpha value is -1.78. The number of rotatable bonds is 8. The minimum Gasteiger partial charge on any atom is -0.380 e. The summed E-state index contributed by atoms with van der Waals surface area (Å²) in [4.78, 5) is 13.5. The van der Waals surface area contributed by atoms with Crippen LogP contribution < -0.4 is 10.2 Å². The van der Waals surface area contributed by atoms with Crippen LogP contribution in [0.15, 0.2) is 18.2 Å². The van der Waals surface area contributed by atoms with Gasteiger partial charge in [-0.15, -0.1) is 0 Å². The highest BCUT2D eigenvalue weighted by molar-refractivity contribution is 5.77. The van der Waals surface area contributed by atoms with Crippen molar-refractivity contribution in [2.45, 2.75) is 46.1 Å². The molecule has 5 heteroatoms. The fourth-order valence-electron chi connectivity index (χ4n) is 2.57. The van der Waals surface area contributed by atoms with E-state index in [1.54, 1.807) is 6.07 Å². The number of para-hydroxylation sites is 1. The van der Waals surface area contributed by atoms with Gasteiger partial charge >= 0.3 is 5.69 Å². The Morgan fingerprint density at radius 1 is 1.43 bits per heavy atom. The summed E-state index contributed by atoms with van der Waals surface area (Å²) in [5.74, 6) is 0.599. The van der Waals surface area contributed by atoms with Gasteiger partial charge in [0.2, 0.25) is 0 Å². The Morgan fingerprint density at radius 3 is 2.67 bits per heavy atom. The predicted molar refractivity (Wildman–Crippen MR) is 87.1 cm³/mol. The van der Waals surface area contributed by atoms with Crippen molar-refractivity contribution in [3.05, 3.63) is 28.3 Å². The molecule has 2 rings (SSSR count). The SMILES string of the molecule is CCNc1cccc(N(CCC(C)C)C2CC2)c1[N+](=O)[O-]. The Bertz CT molecular complexity index is 498. The smallest absolute Gasteiger partial charge is 0.315 e. The molecular weight excluding hydrogens is 266 g/mol. The van der Waals surface area contributed by atoms with Crippen molar-refractivity contribution in [3.8, 4) is 0 Å². The van der Waals surface area contributed by atoms with Crippen molar-refractivity contribution in [2.24, 2.45) is 5.92 Å². The molecule has 0 amide bonds. The van der Waals surface area contributed by atoms with Crippen LogP contribution in [0.3, 0.4) is 0 Å². The van der Waals surface area contributed by atoms with Crippen molar-refractivity contribution in [1.29, 1.82) is 0 Å². The number of nitro groups is 1. The molecule has 0 unspecified atom stereocenters. The van der Waals surface area contributed by atoms with E-state index in [-0.39, 0.29) is 10.6 Å². The van der Waals surface area contributed by atoms with E-state index in [4.69, 9.17) is 0 Å². The first kappa shape index (κ1) is 15.6. The van der Waals surface area contributed by atoms with Crippen molar-refractivity contribution in [2.75, 3.05) is 23.3 Å². The molecule has 1 aliphatic carbocycles. The number of anilines is 2. The second-order valence-electron chi connectivity index (χ2n) is 6.07. The van der Waals surface area contributed by atoms with Crippen molar-refractivity contribution in [3.63, 3.8) is 0 Å². The lowest BCUT2D eigenvalue weighted by Crippen LogP contribution is -2.28. The molecule has 0 spiro atoms. The van der Waals surface area contributed by atoms with E-state index in [1.165, 1.54) is 0 Å². The Labute approximate surface area is 126 Å². The van der Waals surface area contributed by atoms with Gasteiger partial charge in [0.1, 0.15) is 11.4 Å². The average Bonchev–Trinajstić information content (AvgIpc) is 3.23. The summed E-state index contributed by atoms with van der Waals surface area (Å²) >= 11 is 0. The highest BCUT2D eigenvalue weighted by Gasteiger charge is 2.33. The van der Waals surface area contributed by atoms with E-state index >= 15 is 0 Å². The molecule has 1 aromatic carbocycles. The third kappa shape index (κ3) is 3.86. The standard InChI is InChI=1S/C16H25N3O2/c1-4-17-14-6-5-7-15(16(14)19(20)21)18(13-8-9-13)11-10-12(2)3/h5-7,12-13,17H,4,8-11H2,1-3H3. The van der Waals surface area contributed by atoms with Gasteiger partial charge in [-0.25, -0.2) is 0 Å². The number of hydrogen-bond donors (Lipinski definition) is 1. The average molecular weight is 291 g/mol. The molecule has 1 aliphatic rings. The van der Waals surface area contributed by atoms with Crippen LogP contribution in [-0.4, -0.2) is 24.1 Å². The number of nitro benzene ring substituents is 1. The first-order valence-electron chi connectivity index (χ1n) is 7.82. The third-order valence-electron chi connectivity index (χ3n) is 3.81. The topological polar surface area (TPSA) is 58.4 Å². The van der Waals surface area contributed by atoms with Crippen LogP contribution in [0.1, 0.15) is 40.0 Å². The lowest BCUT2D eigenvalue weighted by molar-refractivity contribution is -0.383. The summed E-state index contributed by atoms with van der Waals surface area (Å²) in [5.41, 5.74) is 1.60. The summed E-state index contributed by atoms with van der Waals surface area (Å²) in [6, 6.07) is 6.06. The second-order valence-corrected chi connectivity index (χ2v) is 6.07. The fourth-order valence-corrected chi connectivity index (χ4v) is 2.57. The van der Waals surface area contributed by atoms with Crippen LogP contribution in [0.4, 0.5) is 17.1 Å². The van der Waals surface area contributed by atoms with Gasteiger partial charge in [-0.3, -0.25) is 10.1 Å². The van der Waals surface area contributed by atoms with Crippen LogP contribution in [0.2, 0.25) is 0 Å². The van der Waals surface area contributed by atoms with E-state index in [0.717, 1.165) is 31.5 Å². The maximum Gasteiger partial charge on any atom is 0.315 e. The number of nitrogens with one attached hydrogen (secondary N) is 1. The van der Waals surface area contributed by atoms with Crippen LogP contribution in [0, 0.1) is 16.0 Å². The summed E-state index contributed by atoms with van der Waals surface area (Å²) in [6.07, 6.45) is 3.33. The van der Waals surface area contributed by atoms with Gasteiger partial charge in [-0.2, -0.15) is 0 Å². The van der Waals surface area contributed by atoms with Gasteiger partial charge in [0, 0.05) is 19.1 Å². The zero-order chi connectivity index (χ0) is 15.4. The molecule has 0 aliphatic heterocycles. The van der Waals surface area contributed by atoms with E-state index in [1.807, 2.05) is 19.1 Å².